The van der Waals surface area contributed by atoms with Crippen molar-refractivity contribution in [2.45, 2.75) is 9.79 Å². The highest BCUT2D eigenvalue weighted by Gasteiger charge is 2.24. The molecule has 0 unspecified atom stereocenters. The van der Waals surface area contributed by atoms with Crippen LogP contribution in [0.4, 0.5) is 0 Å². The Morgan fingerprint density at radius 3 is 0.598 bits per heavy atom. The number of rotatable bonds is 10. The van der Waals surface area contributed by atoms with Crippen LogP contribution in [0.5, 0.6) is 0 Å². The van der Waals surface area contributed by atoms with Crippen molar-refractivity contribution in [1.82, 2.24) is 0 Å². The molecule has 82 heavy (non-hydrogen) atoms. The van der Waals surface area contributed by atoms with Crippen molar-refractivity contribution in [3.8, 4) is 101 Å². The normalized spacial score (nSPS) is 11.3. The van der Waals surface area contributed by atoms with E-state index in [0.29, 0.717) is 0 Å². The minimum absolute atomic E-state index is 1.000. The fourth-order valence-corrected chi connectivity index (χ4v) is 13.5. The zero-order valence-corrected chi connectivity index (χ0v) is 47.2. The molecule has 0 N–H and O–H groups in total. The maximum atomic E-state index is 3.88. The van der Waals surface area contributed by atoms with E-state index in [4.69, 9.17) is 0 Å². The highest BCUT2D eigenvalue weighted by Crippen LogP contribution is 2.51. The van der Waals surface area contributed by atoms with Gasteiger partial charge in [-0.05, 0) is 193 Å². The quantitative estimate of drug-likeness (QED) is 0.0760. The van der Waals surface area contributed by atoms with Gasteiger partial charge in [-0.3, -0.25) is 0 Å². The molecule has 2 heteroatoms. The molecule has 0 saturated heterocycles. The summed E-state index contributed by atoms with van der Waals surface area (Å²) in [6.07, 6.45) is 4.37. The summed E-state index contributed by atoms with van der Waals surface area (Å²) in [5, 5.41) is 9.58. The van der Waals surface area contributed by atoms with Crippen LogP contribution in [0.15, 0.2) is 301 Å². The van der Waals surface area contributed by atoms with Crippen LogP contribution in [0.25, 0.3) is 132 Å². The molecule has 0 fully saturated rings. The lowest BCUT2D eigenvalue weighted by atomic mass is 9.82. The summed E-state index contributed by atoms with van der Waals surface area (Å²) in [6.45, 7) is 0. The smallest absolute Gasteiger partial charge is 0.0391 e. The third-order valence-corrected chi connectivity index (χ3v) is 17.6. The third kappa shape index (κ3) is 9.25. The van der Waals surface area contributed by atoms with Gasteiger partial charge in [-0.25, -0.2) is 0 Å². The van der Waals surface area contributed by atoms with Gasteiger partial charge in [-0.15, -0.1) is 23.5 Å². The van der Waals surface area contributed by atoms with Gasteiger partial charge in [0.05, 0.1) is 0 Å². The lowest BCUT2D eigenvalue weighted by molar-refractivity contribution is 1.44. The van der Waals surface area contributed by atoms with Crippen molar-refractivity contribution in [3.63, 3.8) is 0 Å². The van der Waals surface area contributed by atoms with Crippen molar-refractivity contribution in [3.05, 3.63) is 302 Å². The predicted molar refractivity (Wildman–Crippen MR) is 356 cm³/mol. The van der Waals surface area contributed by atoms with E-state index in [-0.39, 0.29) is 0 Å². The minimum atomic E-state index is 1.000. The lowest BCUT2D eigenvalue weighted by Crippen LogP contribution is -1.96. The summed E-state index contributed by atoms with van der Waals surface area (Å²) >= 11 is 3.52. The van der Waals surface area contributed by atoms with Gasteiger partial charge >= 0.3 is 0 Å². The molecule has 0 amide bonds. The van der Waals surface area contributed by atoms with E-state index in [1.54, 1.807) is 23.5 Å². The van der Waals surface area contributed by atoms with Gasteiger partial charge in [0.15, 0.2) is 0 Å². The highest BCUT2D eigenvalue weighted by molar-refractivity contribution is 7.99. The fourth-order valence-electron chi connectivity index (χ4n) is 12.4. The second-order valence-electron chi connectivity index (χ2n) is 20.8. The Morgan fingerprint density at radius 2 is 0.390 bits per heavy atom. The van der Waals surface area contributed by atoms with E-state index in [0.717, 1.165) is 20.9 Å². The maximum absolute atomic E-state index is 3.88. The summed E-state index contributed by atoms with van der Waals surface area (Å²) in [5.41, 5.74) is 21.1. The highest BCUT2D eigenvalue weighted by atomic mass is 32.2. The fraction of sp³-hybridized carbons (Fsp3) is 0.0250. The molecule has 0 aromatic heterocycles. The Balaban J connectivity index is 1.06. The molecule has 0 aliphatic carbocycles. The van der Waals surface area contributed by atoms with Crippen molar-refractivity contribution in [1.29, 1.82) is 0 Å². The molecule has 0 bridgehead atoms. The number of fused-ring (bicyclic) bond motifs is 4. The van der Waals surface area contributed by atoms with Gasteiger partial charge in [-0.2, -0.15) is 0 Å². The molecule has 0 nitrogen and oxygen atoms in total. The van der Waals surface area contributed by atoms with E-state index < -0.39 is 0 Å². The molecule has 0 spiro atoms. The zero-order valence-electron chi connectivity index (χ0n) is 45.5. The summed E-state index contributed by atoms with van der Waals surface area (Å²) in [7, 11) is 0. The zero-order chi connectivity index (χ0) is 54.9. The van der Waals surface area contributed by atoms with E-state index in [1.165, 1.54) is 132 Å². The number of hydrogen-bond acceptors (Lipinski definition) is 2. The lowest BCUT2D eigenvalue weighted by Gasteiger charge is -2.22. The van der Waals surface area contributed by atoms with Gasteiger partial charge in [0.2, 0.25) is 0 Å². The van der Waals surface area contributed by atoms with E-state index >= 15 is 0 Å². The molecule has 0 aliphatic rings. The molecule has 14 aromatic rings. The van der Waals surface area contributed by atoms with Gasteiger partial charge in [0.1, 0.15) is 0 Å². The number of benzene rings is 14. The monoisotopic (exact) mass is 1080 g/mol. The van der Waals surface area contributed by atoms with Crippen LogP contribution in [0.1, 0.15) is 11.1 Å². The van der Waals surface area contributed by atoms with Crippen molar-refractivity contribution in [2.24, 2.45) is 0 Å². The molecule has 0 radical (unpaired) electrons. The van der Waals surface area contributed by atoms with E-state index in [2.05, 4.69) is 316 Å². The molecule has 0 heterocycles. The minimum Gasteiger partial charge on any atom is -0.128 e. The van der Waals surface area contributed by atoms with Gasteiger partial charge < -0.3 is 0 Å². The standard InChI is InChI=1S/C80H54S2/c1-81-75-51-73-67(77(57-35-19-7-20-36-57)69-47-63(53-27-11-3-12-28-53)65(55-31-15-5-16-32-55)49-71(69)79(73)59-39-23-9-24-40-59)45-61(75)43-44-62-46-68-74(52-76(62)82-2)80(60-41-25-10-26-42-60)72-50-66(56-33-17-6-18-34-56)64(54-29-13-4-14-30-54)48-70(72)78(68)58-37-21-8-22-38-58/h3-42,45-52H,1-2H3. The molecule has 0 atom stereocenters. The summed E-state index contributed by atoms with van der Waals surface area (Å²) in [5.74, 6) is 7.76. The molecule has 386 valence electrons. The number of hydrogen-bond donors (Lipinski definition) is 0. The Kier molecular flexibility index (Phi) is 13.7. The van der Waals surface area contributed by atoms with Crippen LogP contribution in [-0.2, 0) is 0 Å². The molecule has 0 aliphatic heterocycles. The SMILES string of the molecule is CSc1cc2c(-c3ccccc3)c3cc(-c4ccccc4)c(-c4ccccc4)cc3c(-c3ccccc3)c2cc1C#Cc1cc2c(-c3ccccc3)c3cc(-c4ccccc4)c(-c4ccccc4)cc3c(-c3ccccc3)c2cc1SC. The molecule has 14 rings (SSSR count). The topological polar surface area (TPSA) is 0 Å². The Labute approximate surface area is 488 Å². The van der Waals surface area contributed by atoms with Crippen LogP contribution in [0, 0.1) is 11.8 Å². The largest absolute Gasteiger partial charge is 0.128 e. The van der Waals surface area contributed by atoms with Crippen LogP contribution in [0.3, 0.4) is 0 Å². The van der Waals surface area contributed by atoms with E-state index in [9.17, 15) is 0 Å². The predicted octanol–water partition coefficient (Wildman–Crippen LogP) is 22.5. The second-order valence-corrected chi connectivity index (χ2v) is 22.5. The first kappa shape index (κ1) is 50.6. The van der Waals surface area contributed by atoms with Gasteiger partial charge in [0.25, 0.3) is 0 Å². The first-order valence-electron chi connectivity index (χ1n) is 27.9. The van der Waals surface area contributed by atoms with Crippen molar-refractivity contribution in [2.75, 3.05) is 12.5 Å². The van der Waals surface area contributed by atoms with Gasteiger partial charge in [-0.1, -0.05) is 254 Å². The second kappa shape index (κ2) is 22.1. The summed E-state index contributed by atoms with van der Waals surface area (Å²) in [4.78, 5) is 2.27. The molecular formula is C80H54S2. The Bertz CT molecular complexity index is 4440. The summed E-state index contributed by atoms with van der Waals surface area (Å²) in [6, 6.07) is 107. The average molecular weight is 1080 g/mol. The molecule has 0 saturated carbocycles. The number of thioether (sulfide) groups is 2. The van der Waals surface area contributed by atoms with Gasteiger partial charge in [0, 0.05) is 20.9 Å². The maximum Gasteiger partial charge on any atom is 0.0391 e. The third-order valence-electron chi connectivity index (χ3n) is 16.1. The molecular weight excluding hydrogens is 1030 g/mol. The summed E-state index contributed by atoms with van der Waals surface area (Å²) < 4.78 is 0. The first-order valence-corrected chi connectivity index (χ1v) is 30.3. The Morgan fingerprint density at radius 1 is 0.207 bits per heavy atom. The Hall–Kier alpha value is -9.62. The van der Waals surface area contributed by atoms with Crippen molar-refractivity contribution >= 4 is 66.6 Å². The molecule has 14 aromatic carbocycles. The van der Waals surface area contributed by atoms with Crippen molar-refractivity contribution < 1.29 is 0 Å². The first-order chi connectivity index (χ1) is 40.6. The van der Waals surface area contributed by atoms with Crippen LogP contribution >= 0.6 is 23.5 Å². The van der Waals surface area contributed by atoms with E-state index in [1.807, 2.05) is 0 Å². The van der Waals surface area contributed by atoms with Crippen LogP contribution < -0.4 is 0 Å². The van der Waals surface area contributed by atoms with Crippen LogP contribution in [-0.4, -0.2) is 12.5 Å². The average Bonchev–Trinajstić information content (AvgIpc) is 3.73. The van der Waals surface area contributed by atoms with Crippen LogP contribution in [0.2, 0.25) is 0 Å².